The first-order chi connectivity index (χ1) is 9.72. The second-order valence-corrected chi connectivity index (χ2v) is 5.47. The zero-order chi connectivity index (χ0) is 13.9. The summed E-state index contributed by atoms with van der Waals surface area (Å²) in [6.07, 6.45) is 10.4. The Labute approximate surface area is 117 Å². The standard InChI is InChI=1S/C15H19FN4/c16-12-7-11(9-18-10-12)15(17)8-13-5-6-20(19-13)14-3-1-2-4-14/h5-7,9-10,14-15H,1-4,8,17H2. The first-order valence-corrected chi connectivity index (χ1v) is 7.12. The van der Waals surface area contributed by atoms with Crippen molar-refractivity contribution in [3.63, 3.8) is 0 Å². The quantitative estimate of drug-likeness (QED) is 0.932. The van der Waals surface area contributed by atoms with Crippen LogP contribution >= 0.6 is 0 Å². The Bertz CT molecular complexity index is 575. The molecule has 1 aliphatic carbocycles. The molecule has 4 nitrogen and oxygen atoms in total. The van der Waals surface area contributed by atoms with E-state index in [1.54, 1.807) is 6.20 Å². The van der Waals surface area contributed by atoms with E-state index in [9.17, 15) is 4.39 Å². The Balaban J connectivity index is 1.68. The van der Waals surface area contributed by atoms with Gasteiger partial charge in [0.2, 0.25) is 0 Å². The molecule has 3 rings (SSSR count). The Morgan fingerprint density at radius 1 is 1.35 bits per heavy atom. The smallest absolute Gasteiger partial charge is 0.141 e. The van der Waals surface area contributed by atoms with Gasteiger partial charge in [-0.15, -0.1) is 0 Å². The molecule has 20 heavy (non-hydrogen) atoms. The van der Waals surface area contributed by atoms with E-state index < -0.39 is 0 Å². The van der Waals surface area contributed by atoms with E-state index in [1.165, 1.54) is 37.9 Å². The fourth-order valence-corrected chi connectivity index (χ4v) is 2.83. The van der Waals surface area contributed by atoms with Crippen LogP contribution in [0.1, 0.15) is 49.0 Å². The predicted molar refractivity (Wildman–Crippen MR) is 74.6 cm³/mol. The van der Waals surface area contributed by atoms with Gasteiger partial charge in [-0.25, -0.2) is 4.39 Å². The van der Waals surface area contributed by atoms with Crippen LogP contribution < -0.4 is 5.73 Å². The van der Waals surface area contributed by atoms with E-state index in [2.05, 4.69) is 14.8 Å². The molecule has 2 aromatic rings. The summed E-state index contributed by atoms with van der Waals surface area (Å²) in [5, 5.41) is 4.60. The van der Waals surface area contributed by atoms with Crippen molar-refractivity contribution < 1.29 is 4.39 Å². The number of halogens is 1. The monoisotopic (exact) mass is 274 g/mol. The summed E-state index contributed by atoms with van der Waals surface area (Å²) in [6, 6.07) is 3.71. The summed E-state index contributed by atoms with van der Waals surface area (Å²) in [7, 11) is 0. The summed E-state index contributed by atoms with van der Waals surface area (Å²) in [5.41, 5.74) is 7.76. The number of nitrogens with two attached hydrogens (primary N) is 1. The van der Waals surface area contributed by atoms with E-state index in [0.717, 1.165) is 5.69 Å². The molecular formula is C15H19FN4. The number of pyridine rings is 1. The van der Waals surface area contributed by atoms with Crippen LogP contribution in [-0.2, 0) is 6.42 Å². The fraction of sp³-hybridized carbons (Fsp3) is 0.467. The number of hydrogen-bond acceptors (Lipinski definition) is 3. The molecule has 2 heterocycles. The molecule has 1 unspecified atom stereocenters. The fourth-order valence-electron chi connectivity index (χ4n) is 2.83. The highest BCUT2D eigenvalue weighted by molar-refractivity contribution is 5.17. The second-order valence-electron chi connectivity index (χ2n) is 5.47. The van der Waals surface area contributed by atoms with E-state index in [0.29, 0.717) is 18.0 Å². The topological polar surface area (TPSA) is 56.7 Å². The van der Waals surface area contributed by atoms with Crippen molar-refractivity contribution in [2.75, 3.05) is 0 Å². The third kappa shape index (κ3) is 2.88. The lowest BCUT2D eigenvalue weighted by molar-refractivity contribution is 0.461. The lowest BCUT2D eigenvalue weighted by Crippen LogP contribution is -2.15. The van der Waals surface area contributed by atoms with Crippen LogP contribution in [0.15, 0.2) is 30.7 Å². The van der Waals surface area contributed by atoms with Crippen molar-refractivity contribution in [1.29, 1.82) is 0 Å². The van der Waals surface area contributed by atoms with E-state index in [4.69, 9.17) is 5.73 Å². The zero-order valence-corrected chi connectivity index (χ0v) is 11.4. The molecule has 1 aliphatic rings. The van der Waals surface area contributed by atoms with Crippen LogP contribution in [0, 0.1) is 5.82 Å². The number of nitrogens with zero attached hydrogens (tertiary/aromatic N) is 3. The van der Waals surface area contributed by atoms with Crippen molar-refractivity contribution in [1.82, 2.24) is 14.8 Å². The molecule has 0 aliphatic heterocycles. The Kier molecular flexibility index (Phi) is 3.78. The summed E-state index contributed by atoms with van der Waals surface area (Å²) in [6.45, 7) is 0. The number of hydrogen-bond donors (Lipinski definition) is 1. The van der Waals surface area contributed by atoms with E-state index in [-0.39, 0.29) is 11.9 Å². The highest BCUT2D eigenvalue weighted by Crippen LogP contribution is 2.29. The zero-order valence-electron chi connectivity index (χ0n) is 11.4. The van der Waals surface area contributed by atoms with Crippen LogP contribution in [0.5, 0.6) is 0 Å². The minimum Gasteiger partial charge on any atom is -0.324 e. The van der Waals surface area contributed by atoms with Crippen LogP contribution in [0.25, 0.3) is 0 Å². The summed E-state index contributed by atoms with van der Waals surface area (Å²) < 4.78 is 15.2. The molecule has 106 valence electrons. The van der Waals surface area contributed by atoms with Gasteiger partial charge in [-0.05, 0) is 30.5 Å². The number of aromatic nitrogens is 3. The van der Waals surface area contributed by atoms with Crippen molar-refractivity contribution in [3.8, 4) is 0 Å². The molecule has 2 aromatic heterocycles. The van der Waals surface area contributed by atoms with Crippen LogP contribution in [0.3, 0.4) is 0 Å². The van der Waals surface area contributed by atoms with Crippen LogP contribution in [0.4, 0.5) is 4.39 Å². The molecule has 0 saturated heterocycles. The summed E-state index contributed by atoms with van der Waals surface area (Å²) in [4.78, 5) is 3.83. The molecule has 1 fully saturated rings. The van der Waals surface area contributed by atoms with Crippen molar-refractivity contribution in [2.24, 2.45) is 5.73 Å². The van der Waals surface area contributed by atoms with Crippen molar-refractivity contribution >= 4 is 0 Å². The molecule has 1 atom stereocenters. The molecule has 0 radical (unpaired) electrons. The van der Waals surface area contributed by atoms with Gasteiger partial charge in [0.05, 0.1) is 17.9 Å². The maximum atomic E-state index is 13.1. The number of rotatable bonds is 4. The average molecular weight is 274 g/mol. The molecule has 0 spiro atoms. The van der Waals surface area contributed by atoms with Gasteiger partial charge in [-0.1, -0.05) is 12.8 Å². The first-order valence-electron chi connectivity index (χ1n) is 7.12. The second kappa shape index (κ2) is 5.71. The van der Waals surface area contributed by atoms with E-state index in [1.807, 2.05) is 12.3 Å². The van der Waals surface area contributed by atoms with Gasteiger partial charge in [0.15, 0.2) is 0 Å². The van der Waals surface area contributed by atoms with Crippen LogP contribution in [-0.4, -0.2) is 14.8 Å². The predicted octanol–water partition coefficient (Wildman–Crippen LogP) is 2.77. The first kappa shape index (κ1) is 13.2. The largest absolute Gasteiger partial charge is 0.324 e. The summed E-state index contributed by atoms with van der Waals surface area (Å²) in [5.74, 6) is -0.352. The van der Waals surface area contributed by atoms with Crippen molar-refractivity contribution in [2.45, 2.75) is 44.2 Å². The van der Waals surface area contributed by atoms with Crippen LogP contribution in [0.2, 0.25) is 0 Å². The van der Waals surface area contributed by atoms with Gasteiger partial charge >= 0.3 is 0 Å². The Morgan fingerprint density at radius 3 is 2.90 bits per heavy atom. The molecule has 0 aromatic carbocycles. The van der Waals surface area contributed by atoms with Gasteiger partial charge in [0.1, 0.15) is 5.82 Å². The Morgan fingerprint density at radius 2 is 2.15 bits per heavy atom. The maximum Gasteiger partial charge on any atom is 0.141 e. The average Bonchev–Trinajstić information content (AvgIpc) is 3.08. The lowest BCUT2D eigenvalue weighted by Gasteiger charge is -2.11. The van der Waals surface area contributed by atoms with Gasteiger partial charge in [-0.3, -0.25) is 9.67 Å². The van der Waals surface area contributed by atoms with E-state index >= 15 is 0 Å². The molecule has 1 saturated carbocycles. The van der Waals surface area contributed by atoms with Gasteiger partial charge in [-0.2, -0.15) is 5.10 Å². The molecule has 5 heteroatoms. The summed E-state index contributed by atoms with van der Waals surface area (Å²) >= 11 is 0. The maximum absolute atomic E-state index is 13.1. The lowest BCUT2D eigenvalue weighted by atomic mass is 10.1. The Hall–Kier alpha value is -1.75. The molecule has 2 N–H and O–H groups in total. The minimum absolute atomic E-state index is 0.273. The molecule has 0 bridgehead atoms. The molecule has 0 amide bonds. The van der Waals surface area contributed by atoms with Gasteiger partial charge in [0, 0.05) is 24.9 Å². The normalized spacial score (nSPS) is 17.5. The minimum atomic E-state index is -0.352. The molecular weight excluding hydrogens is 255 g/mol. The van der Waals surface area contributed by atoms with Gasteiger partial charge < -0.3 is 5.73 Å². The SMILES string of the molecule is NC(Cc1ccn(C2CCCC2)n1)c1cncc(F)c1. The van der Waals surface area contributed by atoms with Crippen molar-refractivity contribution in [3.05, 3.63) is 47.8 Å². The highest BCUT2D eigenvalue weighted by atomic mass is 19.1. The highest BCUT2D eigenvalue weighted by Gasteiger charge is 2.18. The third-order valence-electron chi connectivity index (χ3n) is 3.95. The van der Waals surface area contributed by atoms with Gasteiger partial charge in [0.25, 0.3) is 0 Å². The third-order valence-corrected chi connectivity index (χ3v) is 3.95.